The molecule has 0 saturated carbocycles. The van der Waals surface area contributed by atoms with Gasteiger partial charge >= 0.3 is 0 Å². The molecule has 10 heteroatoms. The highest BCUT2D eigenvalue weighted by atomic mass is 16.5. The van der Waals surface area contributed by atoms with Gasteiger partial charge in [0.15, 0.2) is 0 Å². The first-order chi connectivity index (χ1) is 18.1. The van der Waals surface area contributed by atoms with Crippen LogP contribution in [0.4, 0.5) is 11.6 Å². The Morgan fingerprint density at radius 2 is 1.92 bits per heavy atom. The lowest BCUT2D eigenvalue weighted by molar-refractivity contribution is -0.134. The zero-order chi connectivity index (χ0) is 25.4. The second kappa shape index (κ2) is 9.62. The summed E-state index contributed by atoms with van der Waals surface area (Å²) in [4.78, 5) is 40.9. The molecular formula is C27H27N7O3. The molecule has 1 unspecified atom stereocenters. The Bertz CT molecular complexity index is 1450. The SMILES string of the molecule is Nc1nccn2c(C3CCN(C(=O)[C@@H]4CCOC4)C3)nc(-c3ccc(C(=O)Nc4ccccn4)cc3)c12. The van der Waals surface area contributed by atoms with Crippen LogP contribution in [0.1, 0.15) is 34.9 Å². The van der Waals surface area contributed by atoms with Crippen LogP contribution in [0.3, 0.4) is 0 Å². The Kier molecular flexibility index (Phi) is 6.01. The number of carbonyl (C=O) groups is 2. The molecular weight excluding hydrogens is 470 g/mol. The number of fused-ring (bicyclic) bond motifs is 1. The smallest absolute Gasteiger partial charge is 0.256 e. The predicted molar refractivity (Wildman–Crippen MR) is 138 cm³/mol. The van der Waals surface area contributed by atoms with E-state index < -0.39 is 0 Å². The third-order valence-electron chi connectivity index (χ3n) is 7.08. The number of hydrogen-bond acceptors (Lipinski definition) is 7. The van der Waals surface area contributed by atoms with Gasteiger partial charge in [0.25, 0.3) is 5.91 Å². The summed E-state index contributed by atoms with van der Waals surface area (Å²) in [6, 6.07) is 12.6. The van der Waals surface area contributed by atoms with E-state index in [4.69, 9.17) is 15.5 Å². The number of ether oxygens (including phenoxy) is 1. The van der Waals surface area contributed by atoms with Gasteiger partial charge in [0.1, 0.15) is 28.7 Å². The first-order valence-electron chi connectivity index (χ1n) is 12.4. The number of carbonyl (C=O) groups excluding carboxylic acids is 2. The van der Waals surface area contributed by atoms with Crippen LogP contribution in [-0.2, 0) is 9.53 Å². The van der Waals surface area contributed by atoms with Crippen molar-refractivity contribution in [1.29, 1.82) is 0 Å². The lowest BCUT2D eigenvalue weighted by atomic mass is 10.1. The minimum atomic E-state index is -0.245. The molecule has 3 N–H and O–H groups in total. The largest absolute Gasteiger partial charge is 0.382 e. The molecule has 2 aliphatic rings. The summed E-state index contributed by atoms with van der Waals surface area (Å²) >= 11 is 0. The first kappa shape index (κ1) is 23.1. The zero-order valence-corrected chi connectivity index (χ0v) is 20.2. The quantitative estimate of drug-likeness (QED) is 0.434. The Morgan fingerprint density at radius 1 is 1.05 bits per heavy atom. The number of rotatable bonds is 5. The Balaban J connectivity index is 1.27. The van der Waals surface area contributed by atoms with Crippen molar-refractivity contribution in [2.45, 2.75) is 18.8 Å². The van der Waals surface area contributed by atoms with E-state index in [9.17, 15) is 9.59 Å². The van der Waals surface area contributed by atoms with E-state index in [1.165, 1.54) is 0 Å². The minimum Gasteiger partial charge on any atom is -0.382 e. The third-order valence-corrected chi connectivity index (χ3v) is 7.08. The standard InChI is InChI=1S/C27H27N7O3/c28-24-23-22(17-4-6-18(7-5-17)26(35)31-21-3-1-2-10-29-21)32-25(34(23)13-11-30-24)19-8-12-33(15-19)27(36)20-9-14-37-16-20/h1-7,10-11,13,19-20H,8-9,12,14-16H2,(H2,28,30)(H,29,31,35)/t19?,20-/m1/s1. The monoisotopic (exact) mass is 497 g/mol. The Hall–Kier alpha value is -4.31. The molecule has 2 atom stereocenters. The molecule has 2 saturated heterocycles. The molecule has 2 aliphatic heterocycles. The van der Waals surface area contributed by atoms with Crippen LogP contribution in [0.15, 0.2) is 61.1 Å². The van der Waals surface area contributed by atoms with E-state index in [2.05, 4.69) is 15.3 Å². The van der Waals surface area contributed by atoms with Gasteiger partial charge in [-0.15, -0.1) is 0 Å². The van der Waals surface area contributed by atoms with Gasteiger partial charge in [-0.25, -0.2) is 15.0 Å². The number of nitrogen functional groups attached to an aromatic ring is 1. The Labute approximate surface area is 213 Å². The van der Waals surface area contributed by atoms with Crippen LogP contribution in [0.2, 0.25) is 0 Å². The van der Waals surface area contributed by atoms with E-state index >= 15 is 0 Å². The van der Waals surface area contributed by atoms with E-state index in [1.54, 1.807) is 36.7 Å². The fraction of sp³-hybridized carbons (Fsp3) is 0.296. The number of nitrogens with two attached hydrogens (primary N) is 1. The summed E-state index contributed by atoms with van der Waals surface area (Å²) < 4.78 is 7.40. The summed E-state index contributed by atoms with van der Waals surface area (Å²) in [5.74, 6) is 1.69. The number of amides is 2. The predicted octanol–water partition coefficient (Wildman–Crippen LogP) is 2.98. The van der Waals surface area contributed by atoms with Crippen LogP contribution in [-0.4, -0.2) is 62.4 Å². The molecule has 0 spiro atoms. The number of anilines is 2. The van der Waals surface area contributed by atoms with Crippen LogP contribution >= 0.6 is 0 Å². The fourth-order valence-corrected chi connectivity index (χ4v) is 5.14. The molecule has 4 aromatic rings. The number of hydrogen-bond donors (Lipinski definition) is 2. The van der Waals surface area contributed by atoms with Crippen molar-refractivity contribution in [3.05, 3.63) is 72.4 Å². The fourth-order valence-electron chi connectivity index (χ4n) is 5.14. The highest BCUT2D eigenvalue weighted by Crippen LogP contribution is 2.34. The molecule has 188 valence electrons. The van der Waals surface area contributed by atoms with E-state index in [0.29, 0.717) is 49.2 Å². The van der Waals surface area contributed by atoms with Crippen molar-refractivity contribution < 1.29 is 14.3 Å². The molecule has 5 heterocycles. The lowest BCUT2D eigenvalue weighted by Gasteiger charge is -2.19. The van der Waals surface area contributed by atoms with Crippen molar-refractivity contribution in [2.24, 2.45) is 5.92 Å². The van der Waals surface area contributed by atoms with Crippen LogP contribution in [0.25, 0.3) is 16.8 Å². The molecule has 2 amide bonds. The number of nitrogens with one attached hydrogen (secondary N) is 1. The summed E-state index contributed by atoms with van der Waals surface area (Å²) in [5.41, 5.74) is 9.06. The van der Waals surface area contributed by atoms with Gasteiger partial charge in [-0.3, -0.25) is 14.0 Å². The molecule has 0 bridgehead atoms. The second-order valence-corrected chi connectivity index (χ2v) is 9.43. The van der Waals surface area contributed by atoms with Gasteiger partial charge in [0.05, 0.1) is 12.5 Å². The van der Waals surface area contributed by atoms with Gasteiger partial charge in [0.2, 0.25) is 5.91 Å². The maximum Gasteiger partial charge on any atom is 0.256 e. The second-order valence-electron chi connectivity index (χ2n) is 9.43. The van der Waals surface area contributed by atoms with E-state index in [1.807, 2.05) is 33.7 Å². The number of benzene rings is 1. The first-order valence-corrected chi connectivity index (χ1v) is 12.4. The van der Waals surface area contributed by atoms with Gasteiger partial charge in [-0.1, -0.05) is 18.2 Å². The maximum absolute atomic E-state index is 12.9. The zero-order valence-electron chi connectivity index (χ0n) is 20.2. The number of pyridine rings is 1. The number of aromatic nitrogens is 4. The summed E-state index contributed by atoms with van der Waals surface area (Å²) in [5, 5.41) is 2.79. The summed E-state index contributed by atoms with van der Waals surface area (Å²) in [7, 11) is 0. The highest BCUT2D eigenvalue weighted by molar-refractivity contribution is 6.04. The van der Waals surface area contributed by atoms with Gasteiger partial charge in [-0.05, 0) is 37.1 Å². The molecule has 10 nitrogen and oxygen atoms in total. The maximum atomic E-state index is 12.9. The topological polar surface area (TPSA) is 128 Å². The van der Waals surface area contributed by atoms with E-state index in [0.717, 1.165) is 29.7 Å². The number of nitrogens with zero attached hydrogens (tertiary/aromatic N) is 5. The third kappa shape index (κ3) is 4.40. The molecule has 3 aromatic heterocycles. The molecule has 1 aromatic carbocycles. The van der Waals surface area contributed by atoms with Crippen molar-refractivity contribution in [3.8, 4) is 11.3 Å². The summed E-state index contributed by atoms with van der Waals surface area (Å²) in [6.45, 7) is 2.47. The van der Waals surface area contributed by atoms with Gasteiger partial charge in [-0.2, -0.15) is 0 Å². The molecule has 0 radical (unpaired) electrons. The van der Waals surface area contributed by atoms with Gasteiger partial charge in [0, 0.05) is 55.3 Å². The molecule has 2 fully saturated rings. The van der Waals surface area contributed by atoms with Crippen LogP contribution in [0.5, 0.6) is 0 Å². The lowest BCUT2D eigenvalue weighted by Crippen LogP contribution is -2.34. The van der Waals surface area contributed by atoms with E-state index in [-0.39, 0.29) is 23.7 Å². The summed E-state index contributed by atoms with van der Waals surface area (Å²) in [6.07, 6.45) is 6.76. The minimum absolute atomic E-state index is 0.0421. The molecule has 0 aliphatic carbocycles. The Morgan fingerprint density at radius 3 is 2.68 bits per heavy atom. The average molecular weight is 498 g/mol. The van der Waals surface area contributed by atoms with Gasteiger partial charge < -0.3 is 20.7 Å². The average Bonchev–Trinajstić information content (AvgIpc) is 3.69. The van der Waals surface area contributed by atoms with Crippen molar-refractivity contribution in [2.75, 3.05) is 37.4 Å². The highest BCUT2D eigenvalue weighted by Gasteiger charge is 2.35. The normalized spacial score (nSPS) is 19.4. The van der Waals surface area contributed by atoms with Crippen molar-refractivity contribution >= 4 is 29.0 Å². The van der Waals surface area contributed by atoms with Crippen molar-refractivity contribution in [1.82, 2.24) is 24.3 Å². The van der Waals surface area contributed by atoms with Crippen molar-refractivity contribution in [3.63, 3.8) is 0 Å². The number of imidazole rings is 1. The molecule has 6 rings (SSSR count). The number of likely N-dealkylation sites (tertiary alicyclic amines) is 1. The van der Waals surface area contributed by atoms with Crippen LogP contribution < -0.4 is 11.1 Å². The molecule has 37 heavy (non-hydrogen) atoms. The van der Waals surface area contributed by atoms with Crippen LogP contribution in [0, 0.1) is 5.92 Å².